The van der Waals surface area contributed by atoms with Gasteiger partial charge in [-0.2, -0.15) is 0 Å². The van der Waals surface area contributed by atoms with E-state index in [0.29, 0.717) is 0 Å². The van der Waals surface area contributed by atoms with Crippen LogP contribution in [0.2, 0.25) is 0 Å². The zero-order chi connectivity index (χ0) is 38.9. The molecule has 0 aromatic heterocycles. The maximum absolute atomic E-state index is 13.4. The zero-order valence-corrected chi connectivity index (χ0v) is 27.3. The van der Waals surface area contributed by atoms with Gasteiger partial charge in [-0.05, 0) is 42.0 Å². The number of phenolic OH excluding ortho intramolecular Hbond substituents is 12. The normalized spacial score (nSPS) is 20.2. The van der Waals surface area contributed by atoms with Crippen LogP contribution in [0.4, 0.5) is 0 Å². The number of carbonyl (C=O) groups excluding carboxylic acids is 1. The van der Waals surface area contributed by atoms with Crippen LogP contribution in [-0.4, -0.2) is 84.6 Å². The highest BCUT2D eigenvalue weighted by Gasteiger charge is 2.47. The predicted octanol–water partition coefficient (Wildman–Crippen LogP) is 3.68. The third-order valence-corrected chi connectivity index (χ3v) is 9.31. The molecule has 5 aromatic rings. The highest BCUT2D eigenvalue weighted by Crippen LogP contribution is 2.57. The van der Waals surface area contributed by atoms with Gasteiger partial charge in [-0.1, -0.05) is 6.07 Å². The van der Waals surface area contributed by atoms with E-state index in [9.17, 15) is 71.2 Å². The van der Waals surface area contributed by atoms with E-state index < -0.39 is 117 Å². The van der Waals surface area contributed by atoms with E-state index in [0.717, 1.165) is 54.6 Å². The molecule has 17 heteroatoms. The lowest BCUT2D eigenvalue weighted by Crippen LogP contribution is -2.38. The Morgan fingerprint density at radius 2 is 1.17 bits per heavy atom. The van der Waals surface area contributed by atoms with Gasteiger partial charge in [0.1, 0.15) is 46.7 Å². The van der Waals surface area contributed by atoms with Gasteiger partial charge in [-0.15, -0.1) is 0 Å². The third-order valence-electron chi connectivity index (χ3n) is 9.31. The van der Waals surface area contributed by atoms with E-state index in [1.165, 1.54) is 6.07 Å². The number of hydrogen-bond donors (Lipinski definition) is 13. The summed E-state index contributed by atoms with van der Waals surface area (Å²) in [5.74, 6) is -11.8. The van der Waals surface area contributed by atoms with Crippen molar-refractivity contribution in [2.24, 2.45) is 0 Å². The smallest absolute Gasteiger partial charge is 0.338 e. The number of esters is 1. The fourth-order valence-corrected chi connectivity index (χ4v) is 6.79. The Kier molecular flexibility index (Phi) is 8.29. The van der Waals surface area contributed by atoms with E-state index in [1.807, 2.05) is 0 Å². The first-order valence-electron chi connectivity index (χ1n) is 15.9. The molecule has 0 spiro atoms. The maximum Gasteiger partial charge on any atom is 0.338 e. The first-order valence-corrected chi connectivity index (χ1v) is 15.9. The second kappa shape index (κ2) is 12.7. The van der Waals surface area contributed by atoms with Crippen molar-refractivity contribution >= 4 is 5.97 Å². The summed E-state index contributed by atoms with van der Waals surface area (Å²) >= 11 is 0. The standard InChI is InChI=1S/C37H30O17/c38-15-8-20(42)28-26(9-15)52-35(12-1-2-17(39)19(41)3-12)33(50)30(28)29-21(43)11-18(40)16-10-27(53-37(51)14-6-24(46)32(49)25(47)7-14)34(54-36(16)29)13-4-22(44)31(48)23(45)5-13/h1-9,11,27,30,33-35,38-50H,10H2. The molecule has 0 aliphatic carbocycles. The number of phenols is 12. The first-order chi connectivity index (χ1) is 25.5. The van der Waals surface area contributed by atoms with Gasteiger partial charge in [0.2, 0.25) is 0 Å². The summed E-state index contributed by atoms with van der Waals surface area (Å²) in [7, 11) is 0. The minimum Gasteiger partial charge on any atom is -0.508 e. The van der Waals surface area contributed by atoms with Crippen LogP contribution >= 0.6 is 0 Å². The molecule has 5 atom stereocenters. The molecule has 0 bridgehead atoms. The first kappa shape index (κ1) is 35.1. The second-order valence-corrected chi connectivity index (χ2v) is 12.7. The van der Waals surface area contributed by atoms with Gasteiger partial charge < -0.3 is 80.6 Å². The van der Waals surface area contributed by atoms with Crippen LogP contribution in [0, 0.1) is 0 Å². The molecule has 0 fully saturated rings. The molecule has 0 saturated carbocycles. The molecule has 2 heterocycles. The number of rotatable bonds is 5. The number of ether oxygens (including phenoxy) is 3. The van der Waals surface area contributed by atoms with Crippen LogP contribution < -0.4 is 9.47 Å². The van der Waals surface area contributed by atoms with Crippen molar-refractivity contribution in [1.29, 1.82) is 0 Å². The van der Waals surface area contributed by atoms with Crippen molar-refractivity contribution in [2.45, 2.75) is 36.8 Å². The Bertz CT molecular complexity index is 2310. The quantitative estimate of drug-likeness (QED) is 0.0901. The summed E-state index contributed by atoms with van der Waals surface area (Å²) in [6.45, 7) is 0. The molecule has 2 aliphatic rings. The highest BCUT2D eigenvalue weighted by atomic mass is 16.6. The van der Waals surface area contributed by atoms with E-state index in [1.54, 1.807) is 0 Å². The molecule has 5 aromatic carbocycles. The predicted molar refractivity (Wildman–Crippen MR) is 180 cm³/mol. The fraction of sp³-hybridized carbons (Fsp3) is 0.162. The van der Waals surface area contributed by atoms with E-state index in [4.69, 9.17) is 14.2 Å². The number of aromatic hydroxyl groups is 12. The fourth-order valence-electron chi connectivity index (χ4n) is 6.79. The molecular weight excluding hydrogens is 716 g/mol. The molecule has 0 amide bonds. The molecule has 13 N–H and O–H groups in total. The molecule has 7 rings (SSSR count). The van der Waals surface area contributed by atoms with Crippen LogP contribution in [0.5, 0.6) is 80.5 Å². The Labute approximate surface area is 302 Å². The Morgan fingerprint density at radius 1 is 0.574 bits per heavy atom. The maximum atomic E-state index is 13.4. The number of hydrogen-bond acceptors (Lipinski definition) is 17. The van der Waals surface area contributed by atoms with Gasteiger partial charge in [0.25, 0.3) is 0 Å². The van der Waals surface area contributed by atoms with Crippen LogP contribution in [0.1, 0.15) is 56.3 Å². The molecule has 2 aliphatic heterocycles. The zero-order valence-electron chi connectivity index (χ0n) is 27.3. The van der Waals surface area contributed by atoms with Crippen LogP contribution in [0.25, 0.3) is 0 Å². The van der Waals surface area contributed by atoms with Gasteiger partial charge in [0, 0.05) is 46.9 Å². The molecule has 0 radical (unpaired) electrons. The van der Waals surface area contributed by atoms with Gasteiger partial charge in [0.05, 0.1) is 11.5 Å². The molecule has 54 heavy (non-hydrogen) atoms. The average Bonchev–Trinajstić information content (AvgIpc) is 3.10. The van der Waals surface area contributed by atoms with Crippen LogP contribution in [0.15, 0.2) is 60.7 Å². The van der Waals surface area contributed by atoms with Crippen LogP contribution in [-0.2, 0) is 11.2 Å². The second-order valence-electron chi connectivity index (χ2n) is 12.7. The average molecular weight is 747 g/mol. The molecule has 280 valence electrons. The summed E-state index contributed by atoms with van der Waals surface area (Å²) in [5.41, 5.74) is -1.03. The number of aliphatic hydroxyl groups excluding tert-OH is 1. The summed E-state index contributed by atoms with van der Waals surface area (Å²) in [4.78, 5) is 13.4. The van der Waals surface area contributed by atoms with Crippen molar-refractivity contribution < 1.29 is 85.4 Å². The monoisotopic (exact) mass is 746 g/mol. The topological polar surface area (TPSA) is 308 Å². The molecule has 5 unspecified atom stereocenters. The number of carbonyl (C=O) groups is 1. The van der Waals surface area contributed by atoms with Gasteiger partial charge >= 0.3 is 5.97 Å². The minimum atomic E-state index is -1.76. The summed E-state index contributed by atoms with van der Waals surface area (Å²) < 4.78 is 18.0. The van der Waals surface area contributed by atoms with Crippen molar-refractivity contribution in [2.75, 3.05) is 0 Å². The SMILES string of the molecule is O=C(OC1Cc2c(O)cc(O)c(C3c4c(O)cc(O)cc4OC(c4ccc(O)c(O)c4)C3O)c2OC1c1cc(O)c(O)c(O)c1)c1cc(O)c(O)c(O)c1. The van der Waals surface area contributed by atoms with Crippen LogP contribution in [0.3, 0.4) is 0 Å². The van der Waals surface area contributed by atoms with Crippen molar-refractivity contribution in [3.05, 3.63) is 94.0 Å². The summed E-state index contributed by atoms with van der Waals surface area (Å²) in [6, 6.07) is 10.0. The third kappa shape index (κ3) is 5.77. The number of fused-ring (bicyclic) bond motifs is 2. The summed E-state index contributed by atoms with van der Waals surface area (Å²) in [5, 5.41) is 137. The minimum absolute atomic E-state index is 0.107. The molecule has 17 nitrogen and oxygen atoms in total. The van der Waals surface area contributed by atoms with Gasteiger partial charge in [0.15, 0.2) is 58.2 Å². The lowest BCUT2D eigenvalue weighted by molar-refractivity contribution is -0.0211. The Morgan fingerprint density at radius 3 is 1.80 bits per heavy atom. The summed E-state index contributed by atoms with van der Waals surface area (Å²) in [6.07, 6.45) is -6.67. The lowest BCUT2D eigenvalue weighted by atomic mass is 9.77. The Hall–Kier alpha value is -7.27. The van der Waals surface area contributed by atoms with Crippen molar-refractivity contribution in [1.82, 2.24) is 0 Å². The van der Waals surface area contributed by atoms with E-state index in [2.05, 4.69) is 0 Å². The van der Waals surface area contributed by atoms with E-state index >= 15 is 0 Å². The number of benzene rings is 5. The van der Waals surface area contributed by atoms with E-state index in [-0.39, 0.29) is 39.3 Å². The van der Waals surface area contributed by atoms with Crippen molar-refractivity contribution in [3.8, 4) is 80.5 Å². The molecular formula is C37H30O17. The Balaban J connectivity index is 1.40. The largest absolute Gasteiger partial charge is 0.508 e. The van der Waals surface area contributed by atoms with Crippen molar-refractivity contribution in [3.63, 3.8) is 0 Å². The highest BCUT2D eigenvalue weighted by molar-refractivity contribution is 5.91. The van der Waals surface area contributed by atoms with Gasteiger partial charge in [-0.3, -0.25) is 0 Å². The molecule has 0 saturated heterocycles. The lowest BCUT2D eigenvalue weighted by Gasteiger charge is -2.40. The van der Waals surface area contributed by atoms with Gasteiger partial charge in [-0.25, -0.2) is 4.79 Å². The number of aliphatic hydroxyl groups is 1.